The first-order chi connectivity index (χ1) is 7.58. The summed E-state index contributed by atoms with van der Waals surface area (Å²) in [6, 6.07) is 0.275. The van der Waals surface area contributed by atoms with Crippen LogP contribution in [0.1, 0.15) is 32.1 Å². The zero-order chi connectivity index (χ0) is 12.0. The average Bonchev–Trinajstić information content (AvgIpc) is 2.58. The van der Waals surface area contributed by atoms with Crippen LogP contribution in [0.25, 0.3) is 0 Å². The van der Waals surface area contributed by atoms with Crippen molar-refractivity contribution in [2.24, 2.45) is 0 Å². The highest BCUT2D eigenvalue weighted by atomic mass is 16.4. The maximum absolute atomic E-state index is 11.5. The molecule has 1 fully saturated rings. The molecule has 2 N–H and O–H groups in total. The third-order valence-electron chi connectivity index (χ3n) is 2.80. The minimum absolute atomic E-state index is 0.0469. The van der Waals surface area contributed by atoms with Crippen LogP contribution in [0.2, 0.25) is 0 Å². The number of carboxylic acid groups (broad SMARTS) is 1. The van der Waals surface area contributed by atoms with Crippen molar-refractivity contribution < 1.29 is 14.7 Å². The predicted molar refractivity (Wildman–Crippen MR) is 60.1 cm³/mol. The molecular weight excluding hydrogens is 208 g/mol. The maximum Gasteiger partial charge on any atom is 0.303 e. The van der Waals surface area contributed by atoms with Crippen LogP contribution in [-0.4, -0.2) is 48.1 Å². The molecule has 0 aromatic heterocycles. The quantitative estimate of drug-likeness (QED) is 0.648. The molecule has 1 saturated heterocycles. The molecule has 1 amide bonds. The summed E-state index contributed by atoms with van der Waals surface area (Å²) < 4.78 is 0. The molecule has 0 aromatic rings. The molecule has 1 heterocycles. The van der Waals surface area contributed by atoms with E-state index >= 15 is 0 Å². The number of aliphatic carboxylic acids is 1. The summed E-state index contributed by atoms with van der Waals surface area (Å²) in [7, 11) is 2.04. The van der Waals surface area contributed by atoms with Crippen molar-refractivity contribution in [2.45, 2.75) is 38.1 Å². The lowest BCUT2D eigenvalue weighted by atomic mass is 10.1. The van der Waals surface area contributed by atoms with Crippen LogP contribution < -0.4 is 5.32 Å². The van der Waals surface area contributed by atoms with Gasteiger partial charge in [0.25, 0.3) is 0 Å². The van der Waals surface area contributed by atoms with E-state index in [0.29, 0.717) is 19.3 Å². The Kier molecular flexibility index (Phi) is 5.25. The first-order valence-electron chi connectivity index (χ1n) is 5.77. The van der Waals surface area contributed by atoms with Gasteiger partial charge in [-0.2, -0.15) is 0 Å². The van der Waals surface area contributed by atoms with Gasteiger partial charge in [-0.3, -0.25) is 9.59 Å². The summed E-state index contributed by atoms with van der Waals surface area (Å²) in [4.78, 5) is 23.9. The summed E-state index contributed by atoms with van der Waals surface area (Å²) in [5.74, 6) is -0.747. The second kappa shape index (κ2) is 6.48. The van der Waals surface area contributed by atoms with Crippen molar-refractivity contribution in [3.63, 3.8) is 0 Å². The molecule has 1 aliphatic rings. The van der Waals surface area contributed by atoms with Gasteiger partial charge in [0.15, 0.2) is 0 Å². The van der Waals surface area contributed by atoms with Gasteiger partial charge in [0.1, 0.15) is 0 Å². The zero-order valence-corrected chi connectivity index (χ0v) is 9.74. The largest absolute Gasteiger partial charge is 0.481 e. The normalized spacial score (nSPS) is 20.9. The number of hydrogen-bond acceptors (Lipinski definition) is 3. The molecule has 92 valence electrons. The Labute approximate surface area is 95.8 Å². The molecule has 1 aliphatic heterocycles. The van der Waals surface area contributed by atoms with E-state index in [1.54, 1.807) is 0 Å². The van der Waals surface area contributed by atoms with E-state index in [1.807, 2.05) is 7.05 Å². The number of unbranched alkanes of at least 4 members (excludes halogenated alkanes) is 1. The lowest BCUT2D eigenvalue weighted by molar-refractivity contribution is -0.137. The van der Waals surface area contributed by atoms with Crippen molar-refractivity contribution in [1.29, 1.82) is 0 Å². The minimum Gasteiger partial charge on any atom is -0.481 e. The van der Waals surface area contributed by atoms with E-state index in [9.17, 15) is 9.59 Å². The second-order valence-corrected chi connectivity index (χ2v) is 4.42. The number of nitrogens with zero attached hydrogens (tertiary/aromatic N) is 1. The number of likely N-dealkylation sites (tertiary alicyclic amines) is 1. The van der Waals surface area contributed by atoms with E-state index < -0.39 is 5.97 Å². The molecule has 0 radical (unpaired) electrons. The molecule has 1 unspecified atom stereocenters. The highest BCUT2D eigenvalue weighted by molar-refractivity contribution is 5.76. The van der Waals surface area contributed by atoms with Crippen molar-refractivity contribution in [2.75, 3.05) is 20.1 Å². The molecule has 16 heavy (non-hydrogen) atoms. The first-order valence-corrected chi connectivity index (χ1v) is 5.77. The van der Waals surface area contributed by atoms with Gasteiger partial charge in [-0.1, -0.05) is 0 Å². The lowest BCUT2D eigenvalue weighted by Crippen LogP contribution is -2.36. The Hall–Kier alpha value is -1.10. The molecule has 0 aromatic carbocycles. The zero-order valence-electron chi connectivity index (χ0n) is 9.74. The van der Waals surface area contributed by atoms with Crippen LogP contribution in [0, 0.1) is 0 Å². The van der Waals surface area contributed by atoms with E-state index in [0.717, 1.165) is 19.5 Å². The van der Waals surface area contributed by atoms with Crippen LogP contribution in [0.15, 0.2) is 0 Å². The topological polar surface area (TPSA) is 69.6 Å². The molecule has 0 saturated carbocycles. The number of nitrogens with one attached hydrogen (secondary N) is 1. The Bertz CT molecular complexity index is 256. The van der Waals surface area contributed by atoms with Crippen molar-refractivity contribution >= 4 is 11.9 Å². The van der Waals surface area contributed by atoms with Crippen LogP contribution in [-0.2, 0) is 9.59 Å². The summed E-state index contributed by atoms with van der Waals surface area (Å²) in [5.41, 5.74) is 0. The van der Waals surface area contributed by atoms with Gasteiger partial charge in [0.05, 0.1) is 0 Å². The number of carbonyl (C=O) groups is 2. The second-order valence-electron chi connectivity index (χ2n) is 4.42. The highest BCUT2D eigenvalue weighted by Gasteiger charge is 2.20. The number of rotatable bonds is 6. The Balaban J connectivity index is 2.05. The van der Waals surface area contributed by atoms with Crippen molar-refractivity contribution in [3.8, 4) is 0 Å². The lowest BCUT2D eigenvalue weighted by Gasteiger charge is -2.12. The molecule has 0 bridgehead atoms. The fourth-order valence-electron chi connectivity index (χ4n) is 1.91. The average molecular weight is 228 g/mol. The minimum atomic E-state index is -0.794. The summed E-state index contributed by atoms with van der Waals surface area (Å²) in [6.07, 6.45) is 2.83. The number of carboxylic acids is 1. The smallest absolute Gasteiger partial charge is 0.303 e. The van der Waals surface area contributed by atoms with Gasteiger partial charge in [-0.05, 0) is 32.9 Å². The maximum atomic E-state index is 11.5. The monoisotopic (exact) mass is 228 g/mol. The number of amides is 1. The Morgan fingerprint density at radius 3 is 2.62 bits per heavy atom. The number of hydrogen-bond donors (Lipinski definition) is 2. The van der Waals surface area contributed by atoms with Gasteiger partial charge in [0, 0.05) is 25.4 Å². The van der Waals surface area contributed by atoms with Gasteiger partial charge in [-0.25, -0.2) is 0 Å². The van der Waals surface area contributed by atoms with Gasteiger partial charge in [0.2, 0.25) is 5.91 Å². The van der Waals surface area contributed by atoms with E-state index in [2.05, 4.69) is 10.2 Å². The van der Waals surface area contributed by atoms with Crippen LogP contribution in [0.5, 0.6) is 0 Å². The van der Waals surface area contributed by atoms with Crippen LogP contribution in [0.3, 0.4) is 0 Å². The van der Waals surface area contributed by atoms with E-state index in [4.69, 9.17) is 5.11 Å². The number of carbonyl (C=O) groups excluding carboxylic acids is 1. The molecule has 0 aliphatic carbocycles. The predicted octanol–water partition coefficient (Wildman–Crippen LogP) is 0.452. The summed E-state index contributed by atoms with van der Waals surface area (Å²) in [5, 5.41) is 11.4. The van der Waals surface area contributed by atoms with E-state index in [1.165, 1.54) is 0 Å². The molecule has 5 heteroatoms. The Morgan fingerprint density at radius 1 is 1.38 bits per heavy atom. The Morgan fingerprint density at radius 2 is 2.06 bits per heavy atom. The molecule has 0 spiro atoms. The standard InChI is InChI=1S/C11H20N2O3/c1-13-7-6-9(8-13)12-10(14)4-2-3-5-11(15)16/h9H,2-8H2,1H3,(H,12,14)(H,15,16). The molecular formula is C11H20N2O3. The molecule has 1 atom stereocenters. The fraction of sp³-hybridized carbons (Fsp3) is 0.818. The highest BCUT2D eigenvalue weighted by Crippen LogP contribution is 2.07. The third kappa shape index (κ3) is 5.11. The summed E-state index contributed by atoms with van der Waals surface area (Å²) >= 11 is 0. The third-order valence-corrected chi connectivity index (χ3v) is 2.80. The van der Waals surface area contributed by atoms with Gasteiger partial charge < -0.3 is 15.3 Å². The van der Waals surface area contributed by atoms with Crippen LogP contribution >= 0.6 is 0 Å². The van der Waals surface area contributed by atoms with Crippen LogP contribution in [0.4, 0.5) is 0 Å². The van der Waals surface area contributed by atoms with Crippen molar-refractivity contribution in [3.05, 3.63) is 0 Å². The van der Waals surface area contributed by atoms with Gasteiger partial charge >= 0.3 is 5.97 Å². The summed E-state index contributed by atoms with van der Waals surface area (Å²) in [6.45, 7) is 1.95. The van der Waals surface area contributed by atoms with Gasteiger partial charge in [-0.15, -0.1) is 0 Å². The number of likely N-dealkylation sites (N-methyl/N-ethyl adjacent to an activating group) is 1. The first kappa shape index (κ1) is 13.0. The molecule has 5 nitrogen and oxygen atoms in total. The fourth-order valence-corrected chi connectivity index (χ4v) is 1.91. The van der Waals surface area contributed by atoms with Crippen molar-refractivity contribution in [1.82, 2.24) is 10.2 Å². The SMILES string of the molecule is CN1CCC(NC(=O)CCCCC(=O)O)C1. The van der Waals surface area contributed by atoms with E-state index in [-0.39, 0.29) is 18.4 Å². The molecule has 1 rings (SSSR count).